The predicted octanol–water partition coefficient (Wildman–Crippen LogP) is 5.93. The maximum Gasteiger partial charge on any atom is 0.326 e. The molecule has 1 aliphatic heterocycles. The molecule has 0 saturated heterocycles. The number of fused-ring (bicyclic) bond motifs is 1. The molecule has 1 fully saturated rings. The minimum absolute atomic E-state index is 0.0267. The Hall–Kier alpha value is -2.66. The molecule has 32 heavy (non-hydrogen) atoms. The van der Waals surface area contributed by atoms with E-state index in [2.05, 4.69) is 27.8 Å². The second kappa shape index (κ2) is 8.04. The molecule has 0 bridgehead atoms. The summed E-state index contributed by atoms with van der Waals surface area (Å²) >= 11 is 3.13. The van der Waals surface area contributed by atoms with Crippen LogP contribution >= 0.6 is 15.9 Å². The highest BCUT2D eigenvalue weighted by molar-refractivity contribution is 9.10. The maximum atomic E-state index is 15.2. The first-order valence-corrected chi connectivity index (χ1v) is 11.0. The van der Waals surface area contributed by atoms with Gasteiger partial charge in [-0.3, -0.25) is 4.90 Å². The number of halogens is 4. The topological polar surface area (TPSA) is 32.8 Å². The van der Waals surface area contributed by atoms with Crippen molar-refractivity contribution in [3.8, 4) is 17.6 Å². The zero-order chi connectivity index (χ0) is 23.3. The van der Waals surface area contributed by atoms with Crippen molar-refractivity contribution in [2.75, 3.05) is 19.1 Å². The van der Waals surface area contributed by atoms with E-state index in [4.69, 9.17) is 4.74 Å². The number of amides is 2. The molecule has 2 aliphatic rings. The molecule has 1 saturated carbocycles. The fourth-order valence-corrected chi connectivity index (χ4v) is 4.28. The molecular formula is C24H22BrF3N2O2. The van der Waals surface area contributed by atoms with Crippen LogP contribution in [0, 0.1) is 23.6 Å². The van der Waals surface area contributed by atoms with E-state index in [9.17, 15) is 9.18 Å². The third-order valence-corrected chi connectivity index (χ3v) is 6.52. The Morgan fingerprint density at radius 2 is 1.91 bits per heavy atom. The zero-order valence-electron chi connectivity index (χ0n) is 17.9. The van der Waals surface area contributed by atoms with Gasteiger partial charge in [-0.2, -0.15) is 0 Å². The average molecular weight is 507 g/mol. The van der Waals surface area contributed by atoms with Crippen LogP contribution in [0.2, 0.25) is 0 Å². The van der Waals surface area contributed by atoms with Gasteiger partial charge in [0.25, 0.3) is 5.92 Å². The number of alkyl halides is 2. The van der Waals surface area contributed by atoms with Crippen LogP contribution in [-0.2, 0) is 12.1 Å². The number of urea groups is 1. The lowest BCUT2D eigenvalue weighted by atomic mass is 9.80. The first-order chi connectivity index (χ1) is 15.1. The molecule has 4 nitrogen and oxygen atoms in total. The number of carbonyl (C=O) groups is 1. The molecule has 2 aromatic carbocycles. The van der Waals surface area contributed by atoms with Crippen molar-refractivity contribution in [3.05, 3.63) is 57.8 Å². The van der Waals surface area contributed by atoms with Gasteiger partial charge in [0.15, 0.2) is 5.54 Å². The third kappa shape index (κ3) is 3.73. The van der Waals surface area contributed by atoms with E-state index in [0.717, 1.165) is 36.3 Å². The van der Waals surface area contributed by atoms with Crippen molar-refractivity contribution in [3.63, 3.8) is 0 Å². The van der Waals surface area contributed by atoms with Gasteiger partial charge in [-0.05, 0) is 58.6 Å². The molecule has 168 valence electrons. The molecule has 0 aromatic heterocycles. The average Bonchev–Trinajstić information content (AvgIpc) is 3.57. The van der Waals surface area contributed by atoms with E-state index in [1.807, 2.05) is 0 Å². The van der Waals surface area contributed by atoms with Crippen LogP contribution in [-0.4, -0.2) is 31.0 Å². The number of nitrogens with zero attached hydrogens (tertiary/aromatic N) is 2. The molecule has 0 unspecified atom stereocenters. The van der Waals surface area contributed by atoms with Crippen LogP contribution in [0.3, 0.4) is 0 Å². The standard InChI is InChI=1S/C24H22BrF3N2O2/c1-23(27,28)24(11-10-15-4-5-15)18-12-20(26)19(25)13-21(18)30(22(31)29(24)2)14-16-6-8-17(32-3)9-7-16/h6-9,12-13,15H,4-5,14H2,1-3H3/t24-/m0/s1. The molecule has 1 aliphatic carbocycles. The van der Waals surface area contributed by atoms with Gasteiger partial charge in [-0.25, -0.2) is 18.0 Å². The van der Waals surface area contributed by atoms with Crippen molar-refractivity contribution >= 4 is 27.6 Å². The quantitative estimate of drug-likeness (QED) is 0.481. The molecular weight excluding hydrogens is 485 g/mol. The van der Waals surface area contributed by atoms with Crippen molar-refractivity contribution in [1.29, 1.82) is 0 Å². The number of carbonyl (C=O) groups excluding carboxylic acids is 1. The van der Waals surface area contributed by atoms with E-state index >= 15 is 8.78 Å². The third-order valence-electron chi connectivity index (χ3n) is 5.91. The Balaban J connectivity index is 1.90. The summed E-state index contributed by atoms with van der Waals surface area (Å²) in [6.07, 6.45) is 1.67. The van der Waals surface area contributed by atoms with E-state index in [1.165, 1.54) is 18.0 Å². The summed E-state index contributed by atoms with van der Waals surface area (Å²) in [6.45, 7) is 0.834. The Kier molecular flexibility index (Phi) is 5.66. The maximum absolute atomic E-state index is 15.2. The second-order valence-corrected chi connectivity index (χ2v) is 9.06. The van der Waals surface area contributed by atoms with E-state index in [0.29, 0.717) is 5.75 Å². The minimum Gasteiger partial charge on any atom is -0.497 e. The summed E-state index contributed by atoms with van der Waals surface area (Å²) in [5, 5.41) is 0. The highest BCUT2D eigenvalue weighted by Gasteiger charge is 2.60. The first-order valence-electron chi connectivity index (χ1n) is 10.2. The molecule has 0 spiro atoms. The van der Waals surface area contributed by atoms with Crippen LogP contribution in [0.1, 0.15) is 30.9 Å². The summed E-state index contributed by atoms with van der Waals surface area (Å²) in [5.74, 6) is 2.13. The molecule has 1 atom stereocenters. The summed E-state index contributed by atoms with van der Waals surface area (Å²) in [4.78, 5) is 15.8. The zero-order valence-corrected chi connectivity index (χ0v) is 19.5. The van der Waals surface area contributed by atoms with Gasteiger partial charge in [0.2, 0.25) is 0 Å². The normalized spacial score (nSPS) is 20.5. The van der Waals surface area contributed by atoms with Gasteiger partial charge in [0.05, 0.1) is 23.8 Å². The Morgan fingerprint density at radius 1 is 1.25 bits per heavy atom. The fourth-order valence-electron chi connectivity index (χ4n) is 3.95. The van der Waals surface area contributed by atoms with E-state index < -0.39 is 23.3 Å². The molecule has 2 aromatic rings. The molecule has 8 heteroatoms. The smallest absolute Gasteiger partial charge is 0.326 e. The fraction of sp³-hybridized carbons (Fsp3) is 0.375. The number of anilines is 1. The Labute approximate surface area is 193 Å². The van der Waals surface area contributed by atoms with Crippen molar-refractivity contribution in [2.24, 2.45) is 5.92 Å². The van der Waals surface area contributed by atoms with Crippen molar-refractivity contribution < 1.29 is 22.7 Å². The van der Waals surface area contributed by atoms with Crippen LogP contribution < -0.4 is 9.64 Å². The second-order valence-electron chi connectivity index (χ2n) is 8.20. The van der Waals surface area contributed by atoms with Crippen molar-refractivity contribution in [2.45, 2.75) is 37.8 Å². The van der Waals surface area contributed by atoms with Gasteiger partial charge >= 0.3 is 6.03 Å². The lowest BCUT2D eigenvalue weighted by molar-refractivity contribution is -0.0875. The molecule has 0 N–H and O–H groups in total. The van der Waals surface area contributed by atoms with E-state index in [1.54, 1.807) is 31.4 Å². The lowest BCUT2D eigenvalue weighted by Gasteiger charge is -2.49. The number of hydrogen-bond acceptors (Lipinski definition) is 2. The van der Waals surface area contributed by atoms with Crippen LogP contribution in [0.4, 0.5) is 23.7 Å². The Bertz CT molecular complexity index is 1120. The SMILES string of the molecule is COc1ccc(CN2C(=O)N(C)[C@](C#CC3CC3)(C(C)(F)F)c3cc(F)c(Br)cc32)cc1. The number of methoxy groups -OCH3 is 1. The van der Waals surface area contributed by atoms with Crippen LogP contribution in [0.5, 0.6) is 5.75 Å². The van der Waals surface area contributed by atoms with Crippen molar-refractivity contribution in [1.82, 2.24) is 4.90 Å². The monoisotopic (exact) mass is 506 g/mol. The van der Waals surface area contributed by atoms with Crippen LogP contribution in [0.25, 0.3) is 0 Å². The summed E-state index contributed by atoms with van der Waals surface area (Å²) in [5.41, 5.74) is -1.35. The van der Waals surface area contributed by atoms with Gasteiger partial charge < -0.3 is 9.64 Å². The first kappa shape index (κ1) is 22.5. The van der Waals surface area contributed by atoms with Gasteiger partial charge in [0, 0.05) is 25.5 Å². The van der Waals surface area contributed by atoms with Crippen LogP contribution in [0.15, 0.2) is 40.9 Å². The number of ether oxygens (including phenoxy) is 1. The summed E-state index contributed by atoms with van der Waals surface area (Å²) in [7, 11) is 2.85. The number of hydrogen-bond donors (Lipinski definition) is 0. The minimum atomic E-state index is -3.44. The predicted molar refractivity (Wildman–Crippen MR) is 119 cm³/mol. The number of benzene rings is 2. The van der Waals surface area contributed by atoms with Gasteiger partial charge in [-0.1, -0.05) is 24.0 Å². The summed E-state index contributed by atoms with van der Waals surface area (Å²) in [6, 6.07) is 8.86. The van der Waals surface area contributed by atoms with E-state index in [-0.39, 0.29) is 28.2 Å². The highest BCUT2D eigenvalue weighted by atomic mass is 79.9. The molecule has 2 amide bonds. The Morgan fingerprint density at radius 3 is 2.47 bits per heavy atom. The lowest BCUT2D eigenvalue weighted by Crippen LogP contribution is -2.63. The van der Waals surface area contributed by atoms with Gasteiger partial charge in [-0.15, -0.1) is 0 Å². The molecule has 0 radical (unpaired) electrons. The largest absolute Gasteiger partial charge is 0.497 e. The number of rotatable bonds is 4. The molecule has 1 heterocycles. The summed E-state index contributed by atoms with van der Waals surface area (Å²) < 4.78 is 50.4. The van der Waals surface area contributed by atoms with Gasteiger partial charge in [0.1, 0.15) is 11.6 Å². The molecule has 4 rings (SSSR count). The highest BCUT2D eigenvalue weighted by Crippen LogP contribution is 2.50.